The number of nitrogens with zero attached hydrogens (tertiary/aromatic N) is 3. The van der Waals surface area contributed by atoms with Crippen molar-refractivity contribution in [1.82, 2.24) is 9.97 Å². The van der Waals surface area contributed by atoms with E-state index in [1.807, 2.05) is 24.3 Å². The zero-order chi connectivity index (χ0) is 13.2. The molecule has 0 N–H and O–H groups in total. The summed E-state index contributed by atoms with van der Waals surface area (Å²) in [5.74, 6) is 0. The largest absolute Gasteiger partial charge is 0.278 e. The molecule has 5 heteroatoms. The van der Waals surface area contributed by atoms with Crippen LogP contribution in [-0.4, -0.2) is 14.9 Å². The van der Waals surface area contributed by atoms with E-state index in [1.165, 1.54) is 6.07 Å². The number of benzene rings is 2. The summed E-state index contributed by atoms with van der Waals surface area (Å²) in [6.07, 6.45) is 1.56. The maximum Gasteiger partial charge on any atom is 0.278 e. The summed E-state index contributed by atoms with van der Waals surface area (Å²) in [6, 6.07) is 14.0. The lowest BCUT2D eigenvalue weighted by Gasteiger charge is -2.03. The Morgan fingerprint density at radius 1 is 0.947 bits per heavy atom. The third-order valence-electron chi connectivity index (χ3n) is 2.83. The Bertz CT molecular complexity index is 771. The van der Waals surface area contributed by atoms with Gasteiger partial charge in [-0.2, -0.15) is 0 Å². The number of rotatable bonds is 2. The van der Waals surface area contributed by atoms with Crippen LogP contribution in [0.5, 0.6) is 0 Å². The van der Waals surface area contributed by atoms with Gasteiger partial charge in [0.25, 0.3) is 5.69 Å². The van der Waals surface area contributed by atoms with Crippen LogP contribution in [0.25, 0.3) is 22.3 Å². The van der Waals surface area contributed by atoms with E-state index in [4.69, 9.17) is 0 Å². The Balaban J connectivity index is 2.22. The van der Waals surface area contributed by atoms with Crippen LogP contribution in [0.3, 0.4) is 0 Å². The molecule has 1 aromatic heterocycles. The number of para-hydroxylation sites is 3. The molecule has 0 atom stereocenters. The summed E-state index contributed by atoms with van der Waals surface area (Å²) in [5.41, 5.74) is 2.51. The summed E-state index contributed by atoms with van der Waals surface area (Å²) in [6.45, 7) is 0. The molecule has 0 aliphatic carbocycles. The van der Waals surface area contributed by atoms with Gasteiger partial charge in [0.15, 0.2) is 0 Å². The highest BCUT2D eigenvalue weighted by Crippen LogP contribution is 2.28. The Labute approximate surface area is 108 Å². The van der Waals surface area contributed by atoms with Crippen LogP contribution < -0.4 is 0 Å². The van der Waals surface area contributed by atoms with Gasteiger partial charge in [0.2, 0.25) is 0 Å². The minimum atomic E-state index is -0.411. The van der Waals surface area contributed by atoms with Gasteiger partial charge >= 0.3 is 0 Å². The molecule has 0 saturated carbocycles. The highest BCUT2D eigenvalue weighted by molar-refractivity contribution is 5.79. The van der Waals surface area contributed by atoms with E-state index >= 15 is 0 Å². The van der Waals surface area contributed by atoms with Crippen molar-refractivity contribution in [1.29, 1.82) is 0 Å². The molecule has 0 aliphatic rings. The second kappa shape index (κ2) is 4.45. The molecule has 3 rings (SSSR count). The topological polar surface area (TPSA) is 68.9 Å². The number of nitro groups is 1. The highest BCUT2D eigenvalue weighted by Gasteiger charge is 2.15. The van der Waals surface area contributed by atoms with Gasteiger partial charge in [-0.15, -0.1) is 0 Å². The number of nitro benzene ring substituents is 1. The van der Waals surface area contributed by atoms with Crippen LogP contribution in [0.15, 0.2) is 54.7 Å². The molecule has 0 amide bonds. The van der Waals surface area contributed by atoms with Gasteiger partial charge in [-0.25, -0.2) is 4.98 Å². The zero-order valence-corrected chi connectivity index (χ0v) is 9.85. The van der Waals surface area contributed by atoms with Gasteiger partial charge in [0, 0.05) is 6.07 Å². The van der Waals surface area contributed by atoms with Crippen LogP contribution in [0, 0.1) is 10.1 Å². The van der Waals surface area contributed by atoms with Crippen LogP contribution in [0.2, 0.25) is 0 Å². The number of hydrogen-bond acceptors (Lipinski definition) is 4. The molecule has 0 unspecified atom stereocenters. The lowest BCUT2D eigenvalue weighted by molar-refractivity contribution is -0.384. The van der Waals surface area contributed by atoms with Crippen LogP contribution in [0.4, 0.5) is 5.69 Å². The maximum absolute atomic E-state index is 11.0. The standard InChI is InChI=1S/C14H9N3O2/c18-17(19)14-8-4-1-5-10(14)13-9-15-11-6-2-3-7-12(11)16-13/h1-9H. The SMILES string of the molecule is O=[N+]([O-])c1ccccc1-c1cnc2ccccc2n1. The molecule has 92 valence electrons. The van der Waals surface area contributed by atoms with Crippen LogP contribution in [0.1, 0.15) is 0 Å². The fourth-order valence-electron chi connectivity index (χ4n) is 1.94. The molecule has 0 fully saturated rings. The molecule has 0 aliphatic heterocycles. The van der Waals surface area contributed by atoms with E-state index in [9.17, 15) is 10.1 Å². The molecule has 3 aromatic rings. The first-order chi connectivity index (χ1) is 9.25. The normalized spacial score (nSPS) is 10.5. The summed E-state index contributed by atoms with van der Waals surface area (Å²) in [4.78, 5) is 19.3. The van der Waals surface area contributed by atoms with Crippen molar-refractivity contribution in [3.05, 3.63) is 64.8 Å². The molecular weight excluding hydrogens is 242 g/mol. The molecule has 19 heavy (non-hydrogen) atoms. The molecule has 5 nitrogen and oxygen atoms in total. The minimum Gasteiger partial charge on any atom is -0.258 e. The summed E-state index contributed by atoms with van der Waals surface area (Å²) < 4.78 is 0. The third-order valence-corrected chi connectivity index (χ3v) is 2.83. The van der Waals surface area contributed by atoms with Gasteiger partial charge in [0.1, 0.15) is 0 Å². The summed E-state index contributed by atoms with van der Waals surface area (Å²) in [7, 11) is 0. The summed E-state index contributed by atoms with van der Waals surface area (Å²) in [5, 5.41) is 11.0. The molecule has 0 spiro atoms. The predicted octanol–water partition coefficient (Wildman–Crippen LogP) is 3.21. The van der Waals surface area contributed by atoms with Gasteiger partial charge in [-0.1, -0.05) is 24.3 Å². The quantitative estimate of drug-likeness (QED) is 0.518. The predicted molar refractivity (Wildman–Crippen MR) is 71.6 cm³/mol. The maximum atomic E-state index is 11.0. The Hall–Kier alpha value is -2.82. The van der Waals surface area contributed by atoms with Crippen molar-refractivity contribution < 1.29 is 4.92 Å². The highest BCUT2D eigenvalue weighted by atomic mass is 16.6. The van der Waals surface area contributed by atoms with Crippen LogP contribution in [-0.2, 0) is 0 Å². The Morgan fingerprint density at radius 2 is 1.63 bits per heavy atom. The third kappa shape index (κ3) is 2.01. The van der Waals surface area contributed by atoms with Gasteiger partial charge in [0.05, 0.1) is 33.4 Å². The second-order valence-electron chi connectivity index (χ2n) is 4.02. The lowest BCUT2D eigenvalue weighted by atomic mass is 10.1. The van der Waals surface area contributed by atoms with Gasteiger partial charge in [-0.3, -0.25) is 15.1 Å². The van der Waals surface area contributed by atoms with E-state index in [-0.39, 0.29) is 5.69 Å². The fraction of sp³-hybridized carbons (Fsp3) is 0. The average molecular weight is 251 g/mol. The van der Waals surface area contributed by atoms with Crippen molar-refractivity contribution >= 4 is 16.7 Å². The van der Waals surface area contributed by atoms with Crippen molar-refractivity contribution in [3.8, 4) is 11.3 Å². The Morgan fingerprint density at radius 3 is 2.42 bits per heavy atom. The second-order valence-corrected chi connectivity index (χ2v) is 4.02. The molecule has 0 saturated heterocycles. The first kappa shape index (κ1) is 11.3. The Kier molecular flexibility index (Phi) is 2.64. The first-order valence-corrected chi connectivity index (χ1v) is 5.71. The smallest absolute Gasteiger partial charge is 0.258 e. The molecule has 0 radical (unpaired) electrons. The van der Waals surface area contributed by atoms with Crippen LogP contribution >= 0.6 is 0 Å². The van der Waals surface area contributed by atoms with Crippen molar-refractivity contribution in [2.45, 2.75) is 0 Å². The van der Waals surface area contributed by atoms with Crippen molar-refractivity contribution in [2.24, 2.45) is 0 Å². The molecule has 0 bridgehead atoms. The molecular formula is C14H9N3O2. The van der Waals surface area contributed by atoms with E-state index in [0.717, 1.165) is 11.0 Å². The van der Waals surface area contributed by atoms with E-state index in [1.54, 1.807) is 24.4 Å². The minimum absolute atomic E-state index is 0.0343. The molecule has 2 aromatic carbocycles. The monoisotopic (exact) mass is 251 g/mol. The molecule has 1 heterocycles. The van der Waals surface area contributed by atoms with Gasteiger partial charge in [-0.05, 0) is 18.2 Å². The lowest BCUT2D eigenvalue weighted by Crippen LogP contribution is -1.94. The zero-order valence-electron chi connectivity index (χ0n) is 9.85. The van der Waals surface area contributed by atoms with E-state index in [0.29, 0.717) is 11.3 Å². The van der Waals surface area contributed by atoms with Gasteiger partial charge < -0.3 is 0 Å². The fourth-order valence-corrected chi connectivity index (χ4v) is 1.94. The van der Waals surface area contributed by atoms with Crippen molar-refractivity contribution in [2.75, 3.05) is 0 Å². The number of fused-ring (bicyclic) bond motifs is 1. The number of aromatic nitrogens is 2. The average Bonchev–Trinajstić information content (AvgIpc) is 2.46. The van der Waals surface area contributed by atoms with E-state index < -0.39 is 4.92 Å². The number of hydrogen-bond donors (Lipinski definition) is 0. The summed E-state index contributed by atoms with van der Waals surface area (Å²) >= 11 is 0. The van der Waals surface area contributed by atoms with E-state index in [2.05, 4.69) is 9.97 Å². The van der Waals surface area contributed by atoms with Crippen molar-refractivity contribution in [3.63, 3.8) is 0 Å². The first-order valence-electron chi connectivity index (χ1n) is 5.71.